The van der Waals surface area contributed by atoms with Crippen LogP contribution in [0.3, 0.4) is 0 Å². The Balaban J connectivity index is 1.26. The van der Waals surface area contributed by atoms with E-state index >= 15 is 0 Å². The van der Waals surface area contributed by atoms with Gasteiger partial charge in [0.2, 0.25) is 0 Å². The lowest BCUT2D eigenvalue weighted by molar-refractivity contribution is 0.0751. The number of rotatable bonds is 5. The van der Waals surface area contributed by atoms with E-state index in [1.807, 2.05) is 54.3 Å². The van der Waals surface area contributed by atoms with Crippen LogP contribution in [0.15, 0.2) is 60.7 Å². The summed E-state index contributed by atoms with van der Waals surface area (Å²) in [5.41, 5.74) is 5.18. The first-order valence-electron chi connectivity index (χ1n) is 12.7. The van der Waals surface area contributed by atoms with Crippen molar-refractivity contribution in [3.63, 3.8) is 0 Å². The second-order valence-electron chi connectivity index (χ2n) is 9.94. The summed E-state index contributed by atoms with van der Waals surface area (Å²) >= 11 is 0. The molecule has 36 heavy (non-hydrogen) atoms. The van der Waals surface area contributed by atoms with E-state index < -0.39 is 0 Å². The first-order valence-corrected chi connectivity index (χ1v) is 12.7. The van der Waals surface area contributed by atoms with Gasteiger partial charge in [0.25, 0.3) is 11.8 Å². The smallest absolute Gasteiger partial charge is 0.259 e. The molecule has 6 heteroatoms. The number of methoxy groups -OCH3 is 1. The number of carbonyl (C=O) groups excluding carboxylic acids is 2. The van der Waals surface area contributed by atoms with Crippen LogP contribution in [0.25, 0.3) is 0 Å². The van der Waals surface area contributed by atoms with Gasteiger partial charge in [0.15, 0.2) is 11.5 Å². The molecule has 1 unspecified atom stereocenters. The largest absolute Gasteiger partial charge is 0.493 e. The van der Waals surface area contributed by atoms with Crippen molar-refractivity contribution in [2.45, 2.75) is 57.8 Å². The normalized spacial score (nSPS) is 18.9. The van der Waals surface area contributed by atoms with Gasteiger partial charge in [-0.2, -0.15) is 0 Å². The maximum absolute atomic E-state index is 13.6. The lowest BCUT2D eigenvalue weighted by atomic mass is 10.0. The number of benzene rings is 3. The van der Waals surface area contributed by atoms with Gasteiger partial charge >= 0.3 is 0 Å². The Kier molecular flexibility index (Phi) is 5.67. The monoisotopic (exact) mass is 482 g/mol. The lowest BCUT2D eigenvalue weighted by Gasteiger charge is -2.24. The average Bonchev–Trinajstić information content (AvgIpc) is 3.62. The van der Waals surface area contributed by atoms with E-state index in [4.69, 9.17) is 9.47 Å². The highest BCUT2D eigenvalue weighted by molar-refractivity contribution is 6.12. The SMILES string of the molecule is COc1ccc(N2C(=O)c3cc(C(=O)N4Cc5ccccc5C4)ccc3C2C)cc1OC1CCCC1. The Morgan fingerprint density at radius 1 is 0.917 bits per heavy atom. The minimum Gasteiger partial charge on any atom is -0.493 e. The van der Waals surface area contributed by atoms with Crippen molar-refractivity contribution in [1.29, 1.82) is 0 Å². The van der Waals surface area contributed by atoms with Crippen molar-refractivity contribution in [1.82, 2.24) is 4.90 Å². The molecule has 1 atom stereocenters. The fraction of sp³-hybridized carbons (Fsp3) is 0.333. The molecule has 0 radical (unpaired) electrons. The van der Waals surface area contributed by atoms with Gasteiger partial charge in [-0.15, -0.1) is 0 Å². The third-order valence-electron chi connectivity index (χ3n) is 7.74. The molecule has 6 rings (SSSR count). The fourth-order valence-electron chi connectivity index (χ4n) is 5.78. The number of anilines is 1. The van der Waals surface area contributed by atoms with E-state index in [-0.39, 0.29) is 24.0 Å². The molecule has 1 aliphatic carbocycles. The Morgan fingerprint density at radius 3 is 2.33 bits per heavy atom. The van der Waals surface area contributed by atoms with E-state index in [2.05, 4.69) is 12.1 Å². The molecule has 0 aromatic heterocycles. The molecular formula is C30H30N2O4. The number of carbonyl (C=O) groups is 2. The van der Waals surface area contributed by atoms with Crippen LogP contribution in [0.2, 0.25) is 0 Å². The molecule has 3 aliphatic rings. The van der Waals surface area contributed by atoms with E-state index in [0.29, 0.717) is 35.7 Å². The van der Waals surface area contributed by atoms with Gasteiger partial charge < -0.3 is 19.3 Å². The predicted octanol–water partition coefficient (Wildman–Crippen LogP) is 5.89. The zero-order chi connectivity index (χ0) is 24.8. The van der Waals surface area contributed by atoms with Crippen molar-refractivity contribution in [3.05, 3.63) is 88.5 Å². The Labute approximate surface area is 211 Å². The van der Waals surface area contributed by atoms with Crippen molar-refractivity contribution in [3.8, 4) is 11.5 Å². The quantitative estimate of drug-likeness (QED) is 0.455. The van der Waals surface area contributed by atoms with E-state index in [1.54, 1.807) is 18.1 Å². The van der Waals surface area contributed by atoms with Crippen LogP contribution >= 0.6 is 0 Å². The van der Waals surface area contributed by atoms with Crippen LogP contribution in [0.5, 0.6) is 11.5 Å². The number of hydrogen-bond donors (Lipinski definition) is 0. The molecule has 3 aromatic carbocycles. The van der Waals surface area contributed by atoms with Crippen LogP contribution < -0.4 is 14.4 Å². The molecule has 2 heterocycles. The summed E-state index contributed by atoms with van der Waals surface area (Å²) in [4.78, 5) is 30.5. The van der Waals surface area contributed by atoms with Crippen molar-refractivity contribution in [2.24, 2.45) is 0 Å². The summed E-state index contributed by atoms with van der Waals surface area (Å²) in [7, 11) is 1.63. The first-order chi connectivity index (χ1) is 17.5. The highest BCUT2D eigenvalue weighted by Gasteiger charge is 2.36. The zero-order valence-electron chi connectivity index (χ0n) is 20.7. The van der Waals surface area contributed by atoms with Crippen LogP contribution in [-0.2, 0) is 13.1 Å². The first kappa shape index (κ1) is 22.7. The third-order valence-corrected chi connectivity index (χ3v) is 7.74. The summed E-state index contributed by atoms with van der Waals surface area (Å²) in [6.07, 6.45) is 4.61. The molecule has 0 saturated heterocycles. The van der Waals surface area contributed by atoms with Crippen LogP contribution in [0.1, 0.15) is 76.1 Å². The fourth-order valence-corrected chi connectivity index (χ4v) is 5.78. The molecule has 0 spiro atoms. The number of hydrogen-bond acceptors (Lipinski definition) is 4. The van der Waals surface area contributed by atoms with E-state index in [0.717, 1.165) is 24.1 Å². The molecule has 1 fully saturated rings. The van der Waals surface area contributed by atoms with Crippen LogP contribution in [0.4, 0.5) is 5.69 Å². The minimum atomic E-state index is -0.152. The molecule has 184 valence electrons. The Morgan fingerprint density at radius 2 is 1.64 bits per heavy atom. The molecule has 2 aliphatic heterocycles. The van der Waals surface area contributed by atoms with Crippen molar-refractivity contribution >= 4 is 17.5 Å². The number of ether oxygens (including phenoxy) is 2. The molecule has 0 N–H and O–H groups in total. The van der Waals surface area contributed by atoms with Gasteiger partial charge in [0.05, 0.1) is 19.3 Å². The molecule has 1 saturated carbocycles. The zero-order valence-corrected chi connectivity index (χ0v) is 20.7. The second kappa shape index (κ2) is 9.01. The maximum Gasteiger partial charge on any atom is 0.259 e. The minimum absolute atomic E-state index is 0.0513. The standard InChI is InChI=1S/C30H30N2O4/c1-19-25-13-11-20(29(33)31-17-21-7-3-4-8-22(21)18-31)15-26(25)30(34)32(19)23-12-14-27(35-2)28(16-23)36-24-9-5-6-10-24/h3-4,7-8,11-16,19,24H,5-6,9-10,17-18H2,1-2H3. The van der Waals surface area contributed by atoms with E-state index in [9.17, 15) is 9.59 Å². The summed E-state index contributed by atoms with van der Waals surface area (Å²) < 4.78 is 11.8. The van der Waals surface area contributed by atoms with Crippen molar-refractivity contribution in [2.75, 3.05) is 12.0 Å². The molecule has 3 aromatic rings. The van der Waals surface area contributed by atoms with Gasteiger partial charge in [-0.3, -0.25) is 9.59 Å². The Hall–Kier alpha value is -3.80. The highest BCUT2D eigenvalue weighted by Crippen LogP contribution is 2.42. The number of amides is 2. The summed E-state index contributed by atoms with van der Waals surface area (Å²) in [5, 5.41) is 0. The highest BCUT2D eigenvalue weighted by atomic mass is 16.5. The average molecular weight is 483 g/mol. The van der Waals surface area contributed by atoms with Gasteiger partial charge in [0.1, 0.15) is 0 Å². The second-order valence-corrected chi connectivity index (χ2v) is 9.94. The lowest BCUT2D eigenvalue weighted by Crippen LogP contribution is -2.26. The van der Waals surface area contributed by atoms with Crippen molar-refractivity contribution < 1.29 is 19.1 Å². The maximum atomic E-state index is 13.6. The molecular weight excluding hydrogens is 452 g/mol. The Bertz CT molecular complexity index is 1320. The number of nitrogens with zero attached hydrogens (tertiary/aromatic N) is 2. The molecule has 6 nitrogen and oxygen atoms in total. The molecule has 0 bridgehead atoms. The number of fused-ring (bicyclic) bond motifs is 2. The van der Waals surface area contributed by atoms with Gasteiger partial charge in [-0.05, 0) is 73.6 Å². The van der Waals surface area contributed by atoms with Crippen LogP contribution in [0, 0.1) is 0 Å². The topological polar surface area (TPSA) is 59.1 Å². The van der Waals surface area contributed by atoms with Gasteiger partial charge in [0, 0.05) is 36.0 Å². The summed E-state index contributed by atoms with van der Waals surface area (Å²) in [6.45, 7) is 3.21. The van der Waals surface area contributed by atoms with E-state index in [1.165, 1.54) is 24.0 Å². The summed E-state index contributed by atoms with van der Waals surface area (Å²) in [5.74, 6) is 1.18. The summed E-state index contributed by atoms with van der Waals surface area (Å²) in [6, 6.07) is 19.2. The molecule has 2 amide bonds. The van der Waals surface area contributed by atoms with Crippen LogP contribution in [-0.4, -0.2) is 29.9 Å². The predicted molar refractivity (Wildman–Crippen MR) is 138 cm³/mol. The van der Waals surface area contributed by atoms with Gasteiger partial charge in [-0.25, -0.2) is 0 Å². The third kappa shape index (κ3) is 3.81. The van der Waals surface area contributed by atoms with Gasteiger partial charge in [-0.1, -0.05) is 30.3 Å².